The van der Waals surface area contributed by atoms with Crippen LogP contribution in [0.2, 0.25) is 0 Å². The molecule has 1 aromatic rings. The van der Waals surface area contributed by atoms with Gasteiger partial charge < -0.3 is 16.5 Å². The highest BCUT2D eigenvalue weighted by atomic mass is 16.1. The van der Waals surface area contributed by atoms with Gasteiger partial charge in [0.05, 0.1) is 5.69 Å². The fourth-order valence-electron chi connectivity index (χ4n) is 1.36. The van der Waals surface area contributed by atoms with Crippen molar-refractivity contribution in [2.75, 3.05) is 5.73 Å². The van der Waals surface area contributed by atoms with Crippen LogP contribution in [0.25, 0.3) is 0 Å². The normalized spacial score (nSPS) is 10.9. The number of nitrogens with two attached hydrogens (primary N) is 2. The van der Waals surface area contributed by atoms with Crippen LogP contribution < -0.4 is 17.0 Å². The van der Waals surface area contributed by atoms with Crippen LogP contribution in [0.4, 0.5) is 5.69 Å². The van der Waals surface area contributed by atoms with Gasteiger partial charge in [0.15, 0.2) is 0 Å². The monoisotopic (exact) mass is 195 g/mol. The van der Waals surface area contributed by atoms with E-state index >= 15 is 0 Å². The van der Waals surface area contributed by atoms with E-state index < -0.39 is 0 Å². The molecule has 0 bridgehead atoms. The topological polar surface area (TPSA) is 84.9 Å². The van der Waals surface area contributed by atoms with Crippen molar-refractivity contribution in [3.8, 4) is 0 Å². The second kappa shape index (κ2) is 4.28. The zero-order chi connectivity index (χ0) is 10.7. The highest BCUT2D eigenvalue weighted by molar-refractivity contribution is 5.44. The molecule has 0 aliphatic carbocycles. The van der Waals surface area contributed by atoms with Crippen LogP contribution in [0.3, 0.4) is 0 Å². The van der Waals surface area contributed by atoms with Gasteiger partial charge >= 0.3 is 0 Å². The fourth-order valence-corrected chi connectivity index (χ4v) is 1.36. The molecule has 5 N–H and O–H groups in total. The van der Waals surface area contributed by atoms with E-state index in [9.17, 15) is 4.79 Å². The maximum absolute atomic E-state index is 11.4. The lowest BCUT2D eigenvalue weighted by molar-refractivity contribution is 0.635. The van der Waals surface area contributed by atoms with E-state index in [-0.39, 0.29) is 12.1 Å². The largest absolute Gasteiger partial charge is 0.397 e. The smallest absolute Gasteiger partial charge is 0.252 e. The molecule has 0 radical (unpaired) electrons. The molecule has 0 spiro atoms. The second-order valence-corrected chi connectivity index (χ2v) is 3.86. The van der Waals surface area contributed by atoms with Gasteiger partial charge in [-0.3, -0.25) is 4.79 Å². The number of rotatable bonds is 3. The number of anilines is 1. The Labute approximate surface area is 83.3 Å². The summed E-state index contributed by atoms with van der Waals surface area (Å²) in [5, 5.41) is 0. The third kappa shape index (κ3) is 2.35. The van der Waals surface area contributed by atoms with Crippen LogP contribution in [0.5, 0.6) is 0 Å². The maximum Gasteiger partial charge on any atom is 0.252 e. The molecule has 0 aliphatic rings. The molecule has 14 heavy (non-hydrogen) atoms. The highest BCUT2D eigenvalue weighted by Gasteiger charge is 2.06. The zero-order valence-corrected chi connectivity index (χ0v) is 8.63. The highest BCUT2D eigenvalue weighted by Crippen LogP contribution is 2.12. The molecule has 0 fully saturated rings. The van der Waals surface area contributed by atoms with Crippen LogP contribution >= 0.6 is 0 Å². The van der Waals surface area contributed by atoms with Gasteiger partial charge in [0.1, 0.15) is 0 Å². The standard InChI is InChI=1S/C10H17N3O/c1-6(2)3-9-8(12)4-7(5-11)10(14)13-9/h4,6H,3,5,11-12H2,1-2H3,(H,13,14). The summed E-state index contributed by atoms with van der Waals surface area (Å²) in [7, 11) is 0. The molecular weight excluding hydrogens is 178 g/mol. The molecule has 0 saturated carbocycles. The molecule has 1 heterocycles. The Morgan fingerprint density at radius 3 is 2.64 bits per heavy atom. The van der Waals surface area contributed by atoms with E-state index in [2.05, 4.69) is 18.8 Å². The number of nitrogen functional groups attached to an aromatic ring is 1. The molecule has 0 aromatic carbocycles. The summed E-state index contributed by atoms with van der Waals surface area (Å²) in [6.45, 7) is 4.38. The molecule has 0 unspecified atom stereocenters. The van der Waals surface area contributed by atoms with Crippen LogP contribution in [0.15, 0.2) is 10.9 Å². The Kier molecular flexibility index (Phi) is 3.30. The Bertz CT molecular complexity index is 368. The first kappa shape index (κ1) is 10.8. The SMILES string of the molecule is CC(C)Cc1[nH]c(=O)c(CN)cc1N. The first-order valence-corrected chi connectivity index (χ1v) is 4.75. The molecule has 78 valence electrons. The predicted molar refractivity (Wildman–Crippen MR) is 57.9 cm³/mol. The van der Waals surface area contributed by atoms with E-state index in [1.807, 2.05) is 0 Å². The molecule has 1 rings (SSSR count). The lowest BCUT2D eigenvalue weighted by atomic mass is 10.1. The maximum atomic E-state index is 11.4. The first-order valence-electron chi connectivity index (χ1n) is 4.75. The Hall–Kier alpha value is -1.29. The lowest BCUT2D eigenvalue weighted by Crippen LogP contribution is -2.19. The van der Waals surface area contributed by atoms with Crippen molar-refractivity contribution < 1.29 is 0 Å². The number of pyridine rings is 1. The lowest BCUT2D eigenvalue weighted by Gasteiger charge is -2.09. The van der Waals surface area contributed by atoms with Gasteiger partial charge in [-0.2, -0.15) is 0 Å². The van der Waals surface area contributed by atoms with Gasteiger partial charge in [-0.25, -0.2) is 0 Å². The fraction of sp³-hybridized carbons (Fsp3) is 0.500. The molecule has 4 heteroatoms. The molecule has 4 nitrogen and oxygen atoms in total. The van der Waals surface area contributed by atoms with Crippen LogP contribution in [0.1, 0.15) is 25.1 Å². The van der Waals surface area contributed by atoms with Gasteiger partial charge in [0.2, 0.25) is 0 Å². The van der Waals surface area contributed by atoms with Crippen molar-refractivity contribution in [1.82, 2.24) is 4.98 Å². The number of H-pyrrole nitrogens is 1. The summed E-state index contributed by atoms with van der Waals surface area (Å²) in [4.78, 5) is 14.2. The van der Waals surface area contributed by atoms with Crippen molar-refractivity contribution in [2.24, 2.45) is 11.7 Å². The quantitative estimate of drug-likeness (QED) is 0.660. The molecule has 0 amide bonds. The van der Waals surface area contributed by atoms with Gasteiger partial charge in [0.25, 0.3) is 5.56 Å². The minimum absolute atomic E-state index is 0.127. The van der Waals surface area contributed by atoms with Crippen LogP contribution in [-0.2, 0) is 13.0 Å². The average Bonchev–Trinajstić information content (AvgIpc) is 2.10. The Morgan fingerprint density at radius 1 is 1.50 bits per heavy atom. The van der Waals surface area contributed by atoms with E-state index in [4.69, 9.17) is 11.5 Å². The van der Waals surface area contributed by atoms with Crippen molar-refractivity contribution in [2.45, 2.75) is 26.8 Å². The Balaban J connectivity index is 3.09. The summed E-state index contributed by atoms with van der Waals surface area (Å²) < 4.78 is 0. The summed E-state index contributed by atoms with van der Waals surface area (Å²) in [6.07, 6.45) is 0.784. The summed E-state index contributed by atoms with van der Waals surface area (Å²) in [5.41, 5.74) is 13.0. The van der Waals surface area contributed by atoms with Crippen molar-refractivity contribution >= 4 is 5.69 Å². The minimum atomic E-state index is -0.127. The molecular formula is C10H17N3O. The van der Waals surface area contributed by atoms with Gasteiger partial charge in [-0.1, -0.05) is 13.8 Å². The number of nitrogens with one attached hydrogen (secondary N) is 1. The van der Waals surface area contributed by atoms with Crippen molar-refractivity contribution in [3.63, 3.8) is 0 Å². The molecule has 0 aliphatic heterocycles. The van der Waals surface area contributed by atoms with Crippen molar-refractivity contribution in [1.29, 1.82) is 0 Å². The third-order valence-corrected chi connectivity index (χ3v) is 2.07. The van der Waals surface area contributed by atoms with E-state index in [1.165, 1.54) is 0 Å². The number of hydrogen-bond acceptors (Lipinski definition) is 3. The van der Waals surface area contributed by atoms with E-state index in [0.717, 1.165) is 12.1 Å². The van der Waals surface area contributed by atoms with Crippen molar-refractivity contribution in [3.05, 3.63) is 27.7 Å². The van der Waals surface area contributed by atoms with Gasteiger partial charge in [-0.15, -0.1) is 0 Å². The molecule has 0 atom stereocenters. The summed E-state index contributed by atoms with van der Waals surface area (Å²) in [5.74, 6) is 0.469. The number of aromatic nitrogens is 1. The van der Waals surface area contributed by atoms with Crippen LogP contribution in [0, 0.1) is 5.92 Å². The van der Waals surface area contributed by atoms with Crippen LogP contribution in [-0.4, -0.2) is 4.98 Å². The van der Waals surface area contributed by atoms with E-state index in [1.54, 1.807) is 6.07 Å². The zero-order valence-electron chi connectivity index (χ0n) is 8.63. The third-order valence-electron chi connectivity index (χ3n) is 2.07. The predicted octanol–water partition coefficient (Wildman–Crippen LogP) is 0.614. The average molecular weight is 195 g/mol. The van der Waals surface area contributed by atoms with Gasteiger partial charge in [0, 0.05) is 17.8 Å². The molecule has 0 saturated heterocycles. The minimum Gasteiger partial charge on any atom is -0.397 e. The number of aromatic amines is 1. The number of hydrogen-bond donors (Lipinski definition) is 3. The van der Waals surface area contributed by atoms with E-state index in [0.29, 0.717) is 17.2 Å². The summed E-state index contributed by atoms with van der Waals surface area (Å²) >= 11 is 0. The summed E-state index contributed by atoms with van der Waals surface area (Å²) in [6, 6.07) is 1.66. The second-order valence-electron chi connectivity index (χ2n) is 3.86. The first-order chi connectivity index (χ1) is 6.54. The van der Waals surface area contributed by atoms with Gasteiger partial charge in [-0.05, 0) is 18.4 Å². The molecule has 1 aromatic heterocycles. The Morgan fingerprint density at radius 2 is 2.14 bits per heavy atom.